The molecule has 3 nitrogen and oxygen atoms in total. The lowest BCUT2D eigenvalue weighted by Crippen LogP contribution is -2.53. The monoisotopic (exact) mass is 242 g/mol. The molecule has 2 fully saturated rings. The van der Waals surface area contributed by atoms with Gasteiger partial charge in [0.15, 0.2) is 0 Å². The minimum Gasteiger partial charge on any atom is -0.392 e. The number of rotatable bonds is 1. The summed E-state index contributed by atoms with van der Waals surface area (Å²) >= 11 is 0. The van der Waals surface area contributed by atoms with E-state index < -0.39 is 22.7 Å². The van der Waals surface area contributed by atoms with Crippen molar-refractivity contribution in [2.24, 2.45) is 23.2 Å². The molecule has 0 aromatic carbocycles. The van der Waals surface area contributed by atoms with Crippen LogP contribution in [0.2, 0.25) is 0 Å². The van der Waals surface area contributed by atoms with E-state index in [2.05, 4.69) is 0 Å². The highest BCUT2D eigenvalue weighted by Crippen LogP contribution is 2.65. The average Bonchev–Trinajstić information content (AvgIpc) is 2.55. The highest BCUT2D eigenvalue weighted by molar-refractivity contribution is 5.20. The Morgan fingerprint density at radius 2 is 1.76 bits per heavy atom. The van der Waals surface area contributed by atoms with Crippen LogP contribution < -0.4 is 0 Å². The molecule has 3 heteroatoms. The van der Waals surface area contributed by atoms with Gasteiger partial charge in [-0.3, -0.25) is 0 Å². The largest absolute Gasteiger partial charge is 0.392 e. The molecular weight excluding hydrogens is 216 g/mol. The Balaban J connectivity index is 2.49. The summed E-state index contributed by atoms with van der Waals surface area (Å²) < 4.78 is 0. The molecule has 2 aliphatic carbocycles. The molecule has 0 bridgehead atoms. The third-order valence-corrected chi connectivity index (χ3v) is 5.98. The fourth-order valence-corrected chi connectivity index (χ4v) is 4.76. The molecule has 0 aromatic rings. The summed E-state index contributed by atoms with van der Waals surface area (Å²) in [6.45, 7) is 9.54. The van der Waals surface area contributed by atoms with Crippen molar-refractivity contribution < 1.29 is 15.3 Å². The van der Waals surface area contributed by atoms with Crippen LogP contribution in [0.15, 0.2) is 0 Å². The summed E-state index contributed by atoms with van der Waals surface area (Å²) in [7, 11) is 0. The average molecular weight is 242 g/mol. The van der Waals surface area contributed by atoms with Crippen molar-refractivity contribution in [1.29, 1.82) is 0 Å². The molecule has 2 aliphatic rings. The summed E-state index contributed by atoms with van der Waals surface area (Å²) in [4.78, 5) is 0. The Morgan fingerprint density at radius 1 is 1.24 bits per heavy atom. The highest BCUT2D eigenvalue weighted by atomic mass is 16.3. The van der Waals surface area contributed by atoms with Gasteiger partial charge in [-0.1, -0.05) is 20.8 Å². The minimum atomic E-state index is -0.857. The van der Waals surface area contributed by atoms with Crippen LogP contribution in [0.1, 0.15) is 47.5 Å². The molecule has 2 rings (SSSR count). The Morgan fingerprint density at radius 3 is 2.24 bits per heavy atom. The number of aliphatic hydroxyl groups excluding tert-OH is 1. The van der Waals surface area contributed by atoms with Gasteiger partial charge < -0.3 is 15.3 Å². The molecule has 0 spiro atoms. The van der Waals surface area contributed by atoms with E-state index in [9.17, 15) is 15.3 Å². The van der Waals surface area contributed by atoms with E-state index in [1.807, 2.05) is 20.8 Å². The zero-order valence-electron chi connectivity index (χ0n) is 11.6. The van der Waals surface area contributed by atoms with Gasteiger partial charge in [-0.2, -0.15) is 0 Å². The van der Waals surface area contributed by atoms with Gasteiger partial charge in [-0.05, 0) is 44.4 Å². The van der Waals surface area contributed by atoms with E-state index in [1.165, 1.54) is 0 Å². The number of hydrogen-bond acceptors (Lipinski definition) is 3. The fraction of sp³-hybridized carbons (Fsp3) is 1.00. The fourth-order valence-electron chi connectivity index (χ4n) is 4.76. The van der Waals surface area contributed by atoms with Crippen molar-refractivity contribution in [3.63, 3.8) is 0 Å². The molecule has 6 atom stereocenters. The molecule has 0 unspecified atom stereocenters. The van der Waals surface area contributed by atoms with Crippen molar-refractivity contribution in [3.8, 4) is 0 Å². The predicted octanol–water partition coefficient (Wildman–Crippen LogP) is 1.55. The first-order chi connectivity index (χ1) is 7.57. The predicted molar refractivity (Wildman–Crippen MR) is 66.4 cm³/mol. The first kappa shape index (κ1) is 13.3. The topological polar surface area (TPSA) is 60.7 Å². The van der Waals surface area contributed by atoms with E-state index in [1.54, 1.807) is 13.8 Å². The lowest BCUT2D eigenvalue weighted by Gasteiger charge is -2.45. The van der Waals surface area contributed by atoms with Crippen molar-refractivity contribution in [1.82, 2.24) is 0 Å². The van der Waals surface area contributed by atoms with Crippen LogP contribution in [0.3, 0.4) is 0 Å². The standard InChI is InChI=1S/C14H26O3/c1-8-9(2)14(17)7-6-10(12(3,4)16)13(14,5)11(8)15/h8-11,15-17H,6-7H2,1-5H3/t8-,9+,10-,11-,13-,14-/m0/s1. The third kappa shape index (κ3) is 1.39. The first-order valence-electron chi connectivity index (χ1n) is 6.69. The van der Waals surface area contributed by atoms with Crippen LogP contribution in [-0.2, 0) is 0 Å². The second kappa shape index (κ2) is 3.46. The van der Waals surface area contributed by atoms with Gasteiger partial charge >= 0.3 is 0 Å². The summed E-state index contributed by atoms with van der Waals surface area (Å²) in [6, 6.07) is 0. The zero-order chi connectivity index (χ0) is 13.2. The van der Waals surface area contributed by atoms with Gasteiger partial charge in [0, 0.05) is 5.41 Å². The van der Waals surface area contributed by atoms with Crippen LogP contribution in [-0.4, -0.2) is 32.6 Å². The van der Waals surface area contributed by atoms with Gasteiger partial charge in [0.25, 0.3) is 0 Å². The quantitative estimate of drug-likeness (QED) is 0.654. The molecule has 0 amide bonds. The maximum absolute atomic E-state index is 11.0. The summed E-state index contributed by atoms with van der Waals surface area (Å²) in [6.07, 6.45) is 0.923. The van der Waals surface area contributed by atoms with E-state index in [0.717, 1.165) is 6.42 Å². The van der Waals surface area contributed by atoms with Crippen LogP contribution in [0.25, 0.3) is 0 Å². The molecule has 0 heterocycles. The third-order valence-electron chi connectivity index (χ3n) is 5.98. The van der Waals surface area contributed by atoms with Gasteiger partial charge in [0.05, 0.1) is 17.3 Å². The maximum Gasteiger partial charge on any atom is 0.0758 e. The van der Waals surface area contributed by atoms with E-state index in [4.69, 9.17) is 0 Å². The van der Waals surface area contributed by atoms with E-state index in [-0.39, 0.29) is 17.8 Å². The van der Waals surface area contributed by atoms with Crippen LogP contribution in [0.4, 0.5) is 0 Å². The second-order valence-corrected chi connectivity index (χ2v) is 7.04. The highest BCUT2D eigenvalue weighted by Gasteiger charge is 2.71. The number of fused-ring (bicyclic) bond motifs is 1. The van der Waals surface area contributed by atoms with Crippen LogP contribution in [0, 0.1) is 23.2 Å². The molecule has 100 valence electrons. The lowest BCUT2D eigenvalue weighted by molar-refractivity contribution is -0.140. The smallest absolute Gasteiger partial charge is 0.0758 e. The Bertz CT molecular complexity index is 322. The lowest BCUT2D eigenvalue weighted by atomic mass is 9.65. The summed E-state index contributed by atoms with van der Waals surface area (Å²) in [5.74, 6) is 0.104. The van der Waals surface area contributed by atoms with Gasteiger partial charge in [-0.15, -0.1) is 0 Å². The molecule has 0 radical (unpaired) electrons. The van der Waals surface area contributed by atoms with Gasteiger partial charge in [0.1, 0.15) is 0 Å². The molecule has 3 N–H and O–H groups in total. The van der Waals surface area contributed by atoms with E-state index >= 15 is 0 Å². The number of hydrogen-bond donors (Lipinski definition) is 3. The van der Waals surface area contributed by atoms with Crippen molar-refractivity contribution in [2.75, 3.05) is 0 Å². The van der Waals surface area contributed by atoms with Crippen molar-refractivity contribution in [3.05, 3.63) is 0 Å². The molecule has 0 saturated heterocycles. The Kier molecular flexibility index (Phi) is 2.71. The van der Waals surface area contributed by atoms with Crippen molar-refractivity contribution in [2.45, 2.75) is 64.8 Å². The van der Waals surface area contributed by atoms with Crippen LogP contribution >= 0.6 is 0 Å². The first-order valence-corrected chi connectivity index (χ1v) is 6.69. The van der Waals surface area contributed by atoms with Crippen LogP contribution in [0.5, 0.6) is 0 Å². The number of aliphatic hydroxyl groups is 3. The minimum absolute atomic E-state index is 0.0533. The van der Waals surface area contributed by atoms with Gasteiger partial charge in [0.2, 0.25) is 0 Å². The molecule has 2 saturated carbocycles. The molecule has 0 aromatic heterocycles. The Labute approximate surface area is 104 Å². The summed E-state index contributed by atoms with van der Waals surface area (Å²) in [5, 5.41) is 31.8. The molecular formula is C14H26O3. The zero-order valence-corrected chi connectivity index (χ0v) is 11.6. The Hall–Kier alpha value is -0.120. The van der Waals surface area contributed by atoms with Crippen molar-refractivity contribution >= 4 is 0 Å². The van der Waals surface area contributed by atoms with E-state index in [0.29, 0.717) is 6.42 Å². The molecule has 17 heavy (non-hydrogen) atoms. The SMILES string of the molecule is C[C@H]1[C@@H](C)[C@@]2(O)CC[C@@H](C(C)(C)O)[C@@]2(C)[C@H]1O. The second-order valence-electron chi connectivity index (χ2n) is 7.04. The summed E-state index contributed by atoms with van der Waals surface area (Å²) in [5.41, 5.74) is -2.29. The normalized spacial score (nSPS) is 55.1. The molecule has 0 aliphatic heterocycles. The maximum atomic E-state index is 11.0. The van der Waals surface area contributed by atoms with Gasteiger partial charge in [-0.25, -0.2) is 0 Å².